The van der Waals surface area contributed by atoms with Gasteiger partial charge in [0.05, 0.1) is 39.7 Å². The predicted molar refractivity (Wildman–Crippen MR) is 154 cm³/mol. The SMILES string of the molecule is CCOc1c(I)cc(I)cc1/C=C1/SC(=O)N(CC(=O)Nc2ccccc2N2CCOCC2)C1=O. The van der Waals surface area contributed by atoms with E-state index in [0.717, 1.165) is 48.1 Å². The minimum absolute atomic E-state index is 0.260. The van der Waals surface area contributed by atoms with Gasteiger partial charge < -0.3 is 19.7 Å². The smallest absolute Gasteiger partial charge is 0.294 e. The summed E-state index contributed by atoms with van der Waals surface area (Å²) in [6.45, 7) is 4.70. The van der Waals surface area contributed by atoms with Gasteiger partial charge in [-0.25, -0.2) is 0 Å². The van der Waals surface area contributed by atoms with Gasteiger partial charge >= 0.3 is 0 Å². The highest BCUT2D eigenvalue weighted by Gasteiger charge is 2.36. The molecule has 2 aromatic carbocycles. The number of halogens is 2. The number of rotatable bonds is 7. The van der Waals surface area contributed by atoms with E-state index in [4.69, 9.17) is 9.47 Å². The van der Waals surface area contributed by atoms with Crippen LogP contribution in [0, 0.1) is 7.14 Å². The summed E-state index contributed by atoms with van der Waals surface area (Å²) in [6, 6.07) is 11.4. The van der Waals surface area contributed by atoms with Crippen molar-refractivity contribution in [3.8, 4) is 5.75 Å². The largest absolute Gasteiger partial charge is 0.492 e. The van der Waals surface area contributed by atoms with Crippen LogP contribution in [0.15, 0.2) is 41.3 Å². The Kier molecular flexibility index (Phi) is 8.94. The number of ether oxygens (including phenoxy) is 2. The molecule has 0 atom stereocenters. The average Bonchev–Trinajstić information content (AvgIpc) is 3.09. The Morgan fingerprint density at radius 3 is 2.69 bits per heavy atom. The number of carbonyl (C=O) groups is 3. The lowest BCUT2D eigenvalue weighted by Gasteiger charge is -2.30. The van der Waals surface area contributed by atoms with Crippen LogP contribution < -0.4 is 15.0 Å². The third-order valence-electron chi connectivity index (χ3n) is 5.32. The molecular weight excluding hydrogens is 696 g/mol. The molecule has 0 unspecified atom stereocenters. The minimum Gasteiger partial charge on any atom is -0.492 e. The van der Waals surface area contributed by atoms with Crippen LogP contribution in [-0.2, 0) is 14.3 Å². The van der Waals surface area contributed by atoms with Crippen LogP contribution in [0.5, 0.6) is 5.75 Å². The second-order valence-corrected chi connectivity index (χ2v) is 11.1. The summed E-state index contributed by atoms with van der Waals surface area (Å²) in [4.78, 5) is 41.9. The Morgan fingerprint density at radius 1 is 1.20 bits per heavy atom. The van der Waals surface area contributed by atoms with E-state index in [-0.39, 0.29) is 11.4 Å². The standard InChI is InChI=1S/C24H23I2N3O5S/c1-2-34-22-15(11-16(25)13-17(22)26)12-20-23(31)29(24(32)35-20)14-21(30)27-18-5-3-4-6-19(18)28-7-9-33-10-8-28/h3-6,11-13H,2,7-10,14H2,1H3,(H,27,30)/b20-12+. The van der Waals surface area contributed by atoms with Crippen molar-refractivity contribution in [2.45, 2.75) is 6.92 Å². The van der Waals surface area contributed by atoms with Crippen molar-refractivity contribution < 1.29 is 23.9 Å². The molecule has 2 heterocycles. The van der Waals surface area contributed by atoms with E-state index >= 15 is 0 Å². The van der Waals surface area contributed by atoms with E-state index < -0.39 is 17.1 Å². The molecule has 8 nitrogen and oxygen atoms in total. The van der Waals surface area contributed by atoms with E-state index in [1.807, 2.05) is 43.3 Å². The summed E-state index contributed by atoms with van der Waals surface area (Å²) < 4.78 is 13.1. The second-order valence-electron chi connectivity index (χ2n) is 7.67. The fourth-order valence-corrected chi connectivity index (χ4v) is 6.63. The van der Waals surface area contributed by atoms with Crippen molar-refractivity contribution in [3.05, 3.63) is 54.0 Å². The van der Waals surface area contributed by atoms with Crippen molar-refractivity contribution in [1.82, 2.24) is 4.90 Å². The Morgan fingerprint density at radius 2 is 1.94 bits per heavy atom. The van der Waals surface area contributed by atoms with Crippen molar-refractivity contribution in [2.24, 2.45) is 0 Å². The molecule has 2 aliphatic heterocycles. The molecule has 0 saturated carbocycles. The van der Waals surface area contributed by atoms with E-state index in [1.165, 1.54) is 0 Å². The number of benzene rings is 2. The van der Waals surface area contributed by atoms with Gasteiger partial charge in [0.2, 0.25) is 5.91 Å². The van der Waals surface area contributed by atoms with Crippen molar-refractivity contribution in [2.75, 3.05) is 49.7 Å². The van der Waals surface area contributed by atoms with Gasteiger partial charge in [-0.2, -0.15) is 0 Å². The van der Waals surface area contributed by atoms with Crippen LogP contribution in [-0.4, -0.2) is 61.4 Å². The molecule has 1 N–H and O–H groups in total. The maximum Gasteiger partial charge on any atom is 0.294 e. The van der Waals surface area contributed by atoms with Gasteiger partial charge in [-0.05, 0) is 94.2 Å². The fraction of sp³-hybridized carbons (Fsp3) is 0.292. The number of para-hydroxylation sites is 2. The summed E-state index contributed by atoms with van der Waals surface area (Å²) in [5, 5.41) is 2.39. The molecule has 0 radical (unpaired) electrons. The molecular formula is C24H23I2N3O5S. The molecule has 0 aliphatic carbocycles. The van der Waals surface area contributed by atoms with Crippen LogP contribution in [0.25, 0.3) is 6.08 Å². The number of nitrogens with one attached hydrogen (secondary N) is 1. The van der Waals surface area contributed by atoms with Crippen LogP contribution in [0.1, 0.15) is 12.5 Å². The number of hydrogen-bond acceptors (Lipinski definition) is 7. The van der Waals surface area contributed by atoms with E-state index in [0.29, 0.717) is 31.3 Å². The topological polar surface area (TPSA) is 88.2 Å². The second kappa shape index (κ2) is 11.9. The van der Waals surface area contributed by atoms with Crippen LogP contribution in [0.4, 0.5) is 16.2 Å². The molecule has 2 aliphatic rings. The molecule has 2 fully saturated rings. The first-order valence-electron chi connectivity index (χ1n) is 11.0. The highest BCUT2D eigenvalue weighted by atomic mass is 127. The van der Waals surface area contributed by atoms with Gasteiger partial charge in [0.25, 0.3) is 11.1 Å². The summed E-state index contributed by atoms with van der Waals surface area (Å²) in [6.07, 6.45) is 1.66. The fourth-order valence-electron chi connectivity index (χ4n) is 3.75. The zero-order chi connectivity index (χ0) is 24.9. The van der Waals surface area contributed by atoms with Crippen LogP contribution >= 0.6 is 56.9 Å². The molecule has 2 aromatic rings. The average molecular weight is 719 g/mol. The van der Waals surface area contributed by atoms with E-state index in [2.05, 4.69) is 55.4 Å². The first kappa shape index (κ1) is 26.2. The highest BCUT2D eigenvalue weighted by molar-refractivity contribution is 14.1. The monoisotopic (exact) mass is 719 g/mol. The number of anilines is 2. The molecule has 35 heavy (non-hydrogen) atoms. The molecule has 0 bridgehead atoms. The number of carbonyl (C=O) groups excluding carboxylic acids is 3. The first-order chi connectivity index (χ1) is 16.9. The molecule has 2 saturated heterocycles. The third kappa shape index (κ3) is 6.30. The molecule has 0 aromatic heterocycles. The molecule has 11 heteroatoms. The van der Waals surface area contributed by atoms with Crippen molar-refractivity contribution in [1.29, 1.82) is 0 Å². The first-order valence-corrected chi connectivity index (χ1v) is 13.9. The van der Waals surface area contributed by atoms with Crippen molar-refractivity contribution in [3.63, 3.8) is 0 Å². The maximum atomic E-state index is 13.0. The number of morpholine rings is 1. The molecule has 4 rings (SSSR count). The lowest BCUT2D eigenvalue weighted by Crippen LogP contribution is -2.38. The van der Waals surface area contributed by atoms with Gasteiger partial charge in [0.15, 0.2) is 0 Å². The Bertz CT molecular complexity index is 1180. The quantitative estimate of drug-likeness (QED) is 0.325. The summed E-state index contributed by atoms with van der Waals surface area (Å²) in [5.41, 5.74) is 2.24. The Labute approximate surface area is 235 Å². The number of amides is 3. The molecule has 184 valence electrons. The van der Waals surface area contributed by atoms with Crippen LogP contribution in [0.3, 0.4) is 0 Å². The predicted octanol–water partition coefficient (Wildman–Crippen LogP) is 4.81. The highest BCUT2D eigenvalue weighted by Crippen LogP contribution is 2.36. The van der Waals surface area contributed by atoms with Gasteiger partial charge in [-0.15, -0.1) is 0 Å². The lowest BCUT2D eigenvalue weighted by atomic mass is 10.2. The van der Waals surface area contributed by atoms with Crippen molar-refractivity contribution >= 4 is 91.4 Å². The normalized spacial score (nSPS) is 17.3. The summed E-state index contributed by atoms with van der Waals surface area (Å²) in [5.74, 6) is -0.265. The van der Waals surface area contributed by atoms with E-state index in [1.54, 1.807) is 6.08 Å². The maximum absolute atomic E-state index is 13.0. The lowest BCUT2D eigenvalue weighted by molar-refractivity contribution is -0.127. The number of hydrogen-bond donors (Lipinski definition) is 1. The molecule has 0 spiro atoms. The van der Waals surface area contributed by atoms with Gasteiger partial charge in [-0.1, -0.05) is 12.1 Å². The third-order valence-corrected chi connectivity index (χ3v) is 7.65. The summed E-state index contributed by atoms with van der Waals surface area (Å²) in [7, 11) is 0. The zero-order valence-corrected chi connectivity index (χ0v) is 24.0. The Balaban J connectivity index is 1.49. The number of imide groups is 1. The zero-order valence-electron chi connectivity index (χ0n) is 18.9. The van der Waals surface area contributed by atoms with Gasteiger partial charge in [0, 0.05) is 22.2 Å². The Hall–Kier alpha value is -1.84. The van der Waals surface area contributed by atoms with Gasteiger partial charge in [-0.3, -0.25) is 19.3 Å². The van der Waals surface area contributed by atoms with Gasteiger partial charge in [0.1, 0.15) is 12.3 Å². The number of nitrogens with zero attached hydrogens (tertiary/aromatic N) is 2. The number of thioether (sulfide) groups is 1. The summed E-state index contributed by atoms with van der Waals surface area (Å²) >= 11 is 5.21. The minimum atomic E-state index is -0.493. The van der Waals surface area contributed by atoms with Crippen LogP contribution in [0.2, 0.25) is 0 Å². The molecule has 3 amide bonds. The van der Waals surface area contributed by atoms with E-state index in [9.17, 15) is 14.4 Å².